The molecule has 7 heteroatoms. The summed E-state index contributed by atoms with van der Waals surface area (Å²) in [6.45, 7) is 5.99. The first-order valence-corrected chi connectivity index (χ1v) is 9.44. The molecule has 1 amide bonds. The van der Waals surface area contributed by atoms with E-state index in [1.54, 1.807) is 0 Å². The van der Waals surface area contributed by atoms with Gasteiger partial charge in [0.25, 0.3) is 5.91 Å². The van der Waals surface area contributed by atoms with Crippen LogP contribution in [-0.2, 0) is 16.0 Å². The minimum Gasteiger partial charge on any atom is -0.350 e. The predicted octanol–water partition coefficient (Wildman–Crippen LogP) is 3.66. The van der Waals surface area contributed by atoms with Gasteiger partial charge in [-0.15, -0.1) is 0 Å². The van der Waals surface area contributed by atoms with E-state index in [2.05, 4.69) is 10.3 Å². The number of aromatic nitrogens is 2. The number of hydrogen-bond acceptors (Lipinski definition) is 4. The Balaban J connectivity index is 1.78. The molecule has 1 aliphatic heterocycles. The lowest BCUT2D eigenvalue weighted by Crippen LogP contribution is -2.24. The first-order chi connectivity index (χ1) is 13.6. The Hall–Kier alpha value is -2.77. The Morgan fingerprint density at radius 2 is 1.89 bits per heavy atom. The van der Waals surface area contributed by atoms with Gasteiger partial charge in [-0.2, -0.15) is 0 Å². The Morgan fingerprint density at radius 3 is 2.57 bits per heavy atom. The van der Waals surface area contributed by atoms with Crippen LogP contribution in [0.25, 0.3) is 22.4 Å². The topological polar surface area (TPSA) is 65.4 Å². The molecule has 28 heavy (non-hydrogen) atoms. The third-order valence-corrected chi connectivity index (χ3v) is 4.75. The third kappa shape index (κ3) is 3.27. The number of halogens is 1. The van der Waals surface area contributed by atoms with E-state index in [0.717, 1.165) is 11.1 Å². The van der Waals surface area contributed by atoms with Gasteiger partial charge in [0.15, 0.2) is 6.29 Å². The predicted molar refractivity (Wildman–Crippen MR) is 103 cm³/mol. The van der Waals surface area contributed by atoms with E-state index in [0.29, 0.717) is 48.7 Å². The average Bonchev–Trinajstić information content (AvgIpc) is 2.96. The minimum atomic E-state index is -0.470. The Morgan fingerprint density at radius 1 is 1.18 bits per heavy atom. The van der Waals surface area contributed by atoms with Crippen LogP contribution in [0.5, 0.6) is 0 Å². The van der Waals surface area contributed by atoms with E-state index in [-0.39, 0.29) is 5.91 Å². The number of carbonyl (C=O) groups excluding carboxylic acids is 1. The molecule has 0 aliphatic carbocycles. The van der Waals surface area contributed by atoms with Crippen LogP contribution < -0.4 is 5.32 Å². The lowest BCUT2D eigenvalue weighted by atomic mass is 10.1. The van der Waals surface area contributed by atoms with Crippen LogP contribution in [0.3, 0.4) is 0 Å². The van der Waals surface area contributed by atoms with Crippen molar-refractivity contribution < 1.29 is 18.7 Å². The van der Waals surface area contributed by atoms with Crippen LogP contribution in [0.1, 0.15) is 36.1 Å². The SMILES string of the molecule is CCOC(OCC)c1ccc(-c2nc3cc(F)cc4c3n2CCNC4=O)cc1. The highest BCUT2D eigenvalue weighted by atomic mass is 19.1. The summed E-state index contributed by atoms with van der Waals surface area (Å²) in [6, 6.07) is 10.4. The summed E-state index contributed by atoms with van der Waals surface area (Å²) in [7, 11) is 0. The van der Waals surface area contributed by atoms with Gasteiger partial charge in [-0.1, -0.05) is 24.3 Å². The lowest BCUT2D eigenvalue weighted by molar-refractivity contribution is -0.140. The molecule has 2 heterocycles. The van der Waals surface area contributed by atoms with Crippen molar-refractivity contribution in [3.8, 4) is 11.4 Å². The number of nitrogens with zero attached hydrogens (tertiary/aromatic N) is 2. The summed E-state index contributed by atoms with van der Waals surface area (Å²) in [4.78, 5) is 16.9. The number of rotatable bonds is 6. The van der Waals surface area contributed by atoms with Crippen molar-refractivity contribution in [3.05, 3.63) is 53.3 Å². The second-order valence-corrected chi connectivity index (χ2v) is 6.53. The van der Waals surface area contributed by atoms with Gasteiger partial charge in [-0.3, -0.25) is 4.79 Å². The van der Waals surface area contributed by atoms with Crippen LogP contribution in [0.15, 0.2) is 36.4 Å². The highest BCUT2D eigenvalue weighted by Crippen LogP contribution is 2.30. The smallest absolute Gasteiger partial charge is 0.253 e. The molecule has 0 unspecified atom stereocenters. The van der Waals surface area contributed by atoms with Gasteiger partial charge < -0.3 is 19.4 Å². The van der Waals surface area contributed by atoms with E-state index < -0.39 is 12.1 Å². The molecule has 0 atom stereocenters. The first kappa shape index (κ1) is 18.6. The molecule has 1 aliphatic rings. The molecule has 0 fully saturated rings. The molecule has 146 valence electrons. The third-order valence-electron chi connectivity index (χ3n) is 4.75. The second-order valence-electron chi connectivity index (χ2n) is 6.53. The van der Waals surface area contributed by atoms with Crippen LogP contribution in [-0.4, -0.2) is 35.2 Å². The van der Waals surface area contributed by atoms with E-state index in [1.165, 1.54) is 12.1 Å². The maximum Gasteiger partial charge on any atom is 0.253 e. The Kier molecular flexibility index (Phi) is 5.11. The zero-order valence-electron chi connectivity index (χ0n) is 15.9. The number of ether oxygens (including phenoxy) is 2. The van der Waals surface area contributed by atoms with Crippen LogP contribution in [0.2, 0.25) is 0 Å². The molecular weight excluding hydrogens is 361 g/mol. The monoisotopic (exact) mass is 383 g/mol. The summed E-state index contributed by atoms with van der Waals surface area (Å²) in [5.74, 6) is -0.0436. The summed E-state index contributed by atoms with van der Waals surface area (Å²) in [6.07, 6.45) is -0.410. The van der Waals surface area contributed by atoms with Crippen molar-refractivity contribution in [2.75, 3.05) is 19.8 Å². The van der Waals surface area contributed by atoms with E-state index in [1.807, 2.05) is 42.7 Å². The largest absolute Gasteiger partial charge is 0.350 e. The van der Waals surface area contributed by atoms with Crippen molar-refractivity contribution in [1.29, 1.82) is 0 Å². The van der Waals surface area contributed by atoms with Crippen molar-refractivity contribution >= 4 is 16.9 Å². The highest BCUT2D eigenvalue weighted by Gasteiger charge is 2.23. The van der Waals surface area contributed by atoms with Crippen molar-refractivity contribution in [2.24, 2.45) is 0 Å². The molecule has 0 bridgehead atoms. The molecular formula is C21H22FN3O3. The highest BCUT2D eigenvalue weighted by molar-refractivity contribution is 6.06. The van der Waals surface area contributed by atoms with E-state index in [9.17, 15) is 9.18 Å². The fourth-order valence-electron chi connectivity index (χ4n) is 3.55. The first-order valence-electron chi connectivity index (χ1n) is 9.44. The Labute approximate surface area is 162 Å². The lowest BCUT2D eigenvalue weighted by Gasteiger charge is -2.17. The molecule has 2 aromatic carbocycles. The van der Waals surface area contributed by atoms with Gasteiger partial charge in [0.1, 0.15) is 11.6 Å². The fraction of sp³-hybridized carbons (Fsp3) is 0.333. The van der Waals surface area contributed by atoms with Crippen molar-refractivity contribution in [3.63, 3.8) is 0 Å². The molecule has 0 spiro atoms. The summed E-state index contributed by atoms with van der Waals surface area (Å²) >= 11 is 0. The molecule has 0 saturated carbocycles. The van der Waals surface area contributed by atoms with Gasteiger partial charge in [0.2, 0.25) is 0 Å². The second kappa shape index (κ2) is 7.69. The van der Waals surface area contributed by atoms with Crippen molar-refractivity contribution in [2.45, 2.75) is 26.7 Å². The van der Waals surface area contributed by atoms with Gasteiger partial charge in [-0.25, -0.2) is 9.37 Å². The number of imidazole rings is 1. The summed E-state index contributed by atoms with van der Waals surface area (Å²) in [5, 5.41) is 2.81. The minimum absolute atomic E-state index is 0.277. The van der Waals surface area contributed by atoms with E-state index >= 15 is 0 Å². The summed E-state index contributed by atoms with van der Waals surface area (Å²) < 4.78 is 27.2. The zero-order chi connectivity index (χ0) is 19.7. The maximum absolute atomic E-state index is 14.0. The van der Waals surface area contributed by atoms with Crippen LogP contribution in [0, 0.1) is 5.82 Å². The number of hydrogen-bond donors (Lipinski definition) is 1. The van der Waals surface area contributed by atoms with Gasteiger partial charge in [-0.05, 0) is 19.9 Å². The molecule has 0 saturated heterocycles. The summed E-state index contributed by atoms with van der Waals surface area (Å²) in [5.41, 5.74) is 3.26. The van der Waals surface area contributed by atoms with Crippen molar-refractivity contribution in [1.82, 2.24) is 14.9 Å². The van der Waals surface area contributed by atoms with Gasteiger partial charge >= 0.3 is 0 Å². The maximum atomic E-state index is 14.0. The molecule has 1 N–H and O–H groups in total. The average molecular weight is 383 g/mol. The fourth-order valence-corrected chi connectivity index (χ4v) is 3.55. The number of nitrogens with one attached hydrogen (secondary N) is 1. The quantitative estimate of drug-likeness (QED) is 0.660. The standard InChI is InChI=1S/C21H22FN3O3/c1-3-27-21(28-4-2)14-7-5-13(6-8-14)19-24-17-12-15(22)11-16-18(17)25(19)10-9-23-20(16)26/h5-8,11-12,21H,3-4,9-10H2,1-2H3,(H,23,26). The molecule has 1 aromatic heterocycles. The zero-order valence-corrected chi connectivity index (χ0v) is 15.9. The van der Waals surface area contributed by atoms with Gasteiger partial charge in [0.05, 0.1) is 16.6 Å². The molecule has 0 radical (unpaired) electrons. The molecule has 4 rings (SSSR count). The molecule has 6 nitrogen and oxygen atoms in total. The van der Waals surface area contributed by atoms with Gasteiger partial charge in [0, 0.05) is 43.5 Å². The number of benzene rings is 2. The van der Waals surface area contributed by atoms with E-state index in [4.69, 9.17) is 9.47 Å². The van der Waals surface area contributed by atoms with Crippen LogP contribution >= 0.6 is 0 Å². The van der Waals surface area contributed by atoms with Crippen LogP contribution in [0.4, 0.5) is 4.39 Å². The molecule has 3 aromatic rings. The number of carbonyl (C=O) groups is 1. The number of amides is 1. The normalized spacial score (nSPS) is 13.8. The Bertz CT molecular complexity index is 1010.